The number of alkyl halides is 3. The molecule has 0 atom stereocenters. The SMILES string of the molecule is Cn1c(=O)c2c(-c3ccc(Br)cc3)n(-c3cccc(C(F)(F)F)c3)cc2n(C)c1=O. The van der Waals surface area contributed by atoms with Crippen LogP contribution in [0.1, 0.15) is 5.56 Å². The number of halogens is 4. The summed E-state index contributed by atoms with van der Waals surface area (Å²) in [6.45, 7) is 0. The average molecular weight is 478 g/mol. The van der Waals surface area contributed by atoms with Crippen molar-refractivity contribution in [2.75, 3.05) is 0 Å². The van der Waals surface area contributed by atoms with E-state index in [2.05, 4.69) is 15.9 Å². The quantitative estimate of drug-likeness (QED) is 0.427. The van der Waals surface area contributed by atoms with E-state index in [9.17, 15) is 22.8 Å². The molecule has 2 heterocycles. The normalized spacial score (nSPS) is 11.9. The van der Waals surface area contributed by atoms with Crippen LogP contribution in [0.4, 0.5) is 13.2 Å². The second-order valence-corrected chi connectivity index (χ2v) is 7.78. The molecule has 2 aromatic carbocycles. The summed E-state index contributed by atoms with van der Waals surface area (Å²) < 4.78 is 44.5. The molecule has 0 unspecified atom stereocenters. The van der Waals surface area contributed by atoms with Gasteiger partial charge in [0.1, 0.15) is 0 Å². The van der Waals surface area contributed by atoms with Gasteiger partial charge in [-0.3, -0.25) is 13.9 Å². The van der Waals surface area contributed by atoms with Gasteiger partial charge in [0, 0.05) is 30.5 Å². The second kappa shape index (κ2) is 7.02. The van der Waals surface area contributed by atoms with Crippen molar-refractivity contribution in [3.8, 4) is 16.9 Å². The fraction of sp³-hybridized carbons (Fsp3) is 0.143. The molecule has 0 aliphatic heterocycles. The van der Waals surface area contributed by atoms with E-state index in [0.717, 1.165) is 21.2 Å². The van der Waals surface area contributed by atoms with E-state index >= 15 is 0 Å². The van der Waals surface area contributed by atoms with Crippen molar-refractivity contribution in [1.29, 1.82) is 0 Å². The van der Waals surface area contributed by atoms with Gasteiger partial charge in [-0.25, -0.2) is 4.79 Å². The van der Waals surface area contributed by atoms with E-state index in [1.54, 1.807) is 24.3 Å². The fourth-order valence-corrected chi connectivity index (χ4v) is 3.73. The monoisotopic (exact) mass is 477 g/mol. The van der Waals surface area contributed by atoms with E-state index in [1.165, 1.54) is 41.6 Å². The summed E-state index contributed by atoms with van der Waals surface area (Å²) >= 11 is 3.36. The van der Waals surface area contributed by atoms with E-state index in [1.807, 2.05) is 0 Å². The van der Waals surface area contributed by atoms with Gasteiger partial charge in [0.05, 0.1) is 22.2 Å². The summed E-state index contributed by atoms with van der Waals surface area (Å²) in [7, 11) is 2.89. The van der Waals surface area contributed by atoms with E-state index in [-0.39, 0.29) is 11.1 Å². The zero-order chi connectivity index (χ0) is 21.8. The lowest BCUT2D eigenvalue weighted by Crippen LogP contribution is -2.36. The Balaban J connectivity index is 2.15. The summed E-state index contributed by atoms with van der Waals surface area (Å²) in [4.78, 5) is 25.4. The molecule has 0 aliphatic carbocycles. The number of hydrogen-bond donors (Lipinski definition) is 0. The van der Waals surface area contributed by atoms with Gasteiger partial charge in [0.15, 0.2) is 0 Å². The van der Waals surface area contributed by atoms with Gasteiger partial charge in [-0.2, -0.15) is 13.2 Å². The molecule has 0 saturated heterocycles. The lowest BCUT2D eigenvalue weighted by Gasteiger charge is -2.13. The van der Waals surface area contributed by atoms with Crippen LogP contribution >= 0.6 is 15.9 Å². The van der Waals surface area contributed by atoms with Crippen LogP contribution in [0.2, 0.25) is 0 Å². The zero-order valence-electron chi connectivity index (χ0n) is 15.9. The van der Waals surface area contributed by atoms with Crippen LogP contribution in [-0.4, -0.2) is 13.7 Å². The van der Waals surface area contributed by atoms with Crippen molar-refractivity contribution in [3.63, 3.8) is 0 Å². The first-order valence-electron chi connectivity index (χ1n) is 8.84. The third-order valence-electron chi connectivity index (χ3n) is 5.01. The summed E-state index contributed by atoms with van der Waals surface area (Å²) in [6, 6.07) is 11.9. The largest absolute Gasteiger partial charge is 0.416 e. The van der Waals surface area contributed by atoms with Crippen LogP contribution in [-0.2, 0) is 20.3 Å². The van der Waals surface area contributed by atoms with E-state index in [4.69, 9.17) is 0 Å². The highest BCUT2D eigenvalue weighted by molar-refractivity contribution is 9.10. The number of benzene rings is 2. The maximum absolute atomic E-state index is 13.3. The molecule has 0 saturated carbocycles. The molecule has 0 amide bonds. The molecule has 5 nitrogen and oxygen atoms in total. The predicted octanol–water partition coefficient (Wildman–Crippen LogP) is 4.48. The molecular weight excluding hydrogens is 463 g/mol. The Morgan fingerprint density at radius 3 is 2.23 bits per heavy atom. The van der Waals surface area contributed by atoms with Crippen LogP contribution in [0, 0.1) is 0 Å². The minimum absolute atomic E-state index is 0.230. The molecule has 154 valence electrons. The minimum atomic E-state index is -4.51. The van der Waals surface area contributed by atoms with Crippen molar-refractivity contribution in [3.05, 3.63) is 85.6 Å². The molecular formula is C21H15BrF3N3O2. The summed E-state index contributed by atoms with van der Waals surface area (Å²) in [5, 5.41) is 0.249. The second-order valence-electron chi connectivity index (χ2n) is 6.87. The maximum Gasteiger partial charge on any atom is 0.416 e. The van der Waals surface area contributed by atoms with Crippen molar-refractivity contribution < 1.29 is 13.2 Å². The minimum Gasteiger partial charge on any atom is -0.314 e. The number of fused-ring (bicyclic) bond motifs is 1. The van der Waals surface area contributed by atoms with Crippen LogP contribution in [0.25, 0.3) is 27.8 Å². The molecule has 30 heavy (non-hydrogen) atoms. The summed E-state index contributed by atoms with van der Waals surface area (Å²) in [5.41, 5.74) is -0.240. The smallest absolute Gasteiger partial charge is 0.314 e. The molecule has 0 N–H and O–H groups in total. The Kier molecular flexibility index (Phi) is 4.73. The van der Waals surface area contributed by atoms with Gasteiger partial charge >= 0.3 is 11.9 Å². The molecule has 0 spiro atoms. The Morgan fingerprint density at radius 2 is 1.60 bits per heavy atom. The van der Waals surface area contributed by atoms with Crippen LogP contribution < -0.4 is 11.2 Å². The van der Waals surface area contributed by atoms with Crippen LogP contribution in [0.15, 0.2) is 68.8 Å². The first-order chi connectivity index (χ1) is 14.1. The molecule has 2 aromatic heterocycles. The molecule has 0 bridgehead atoms. The van der Waals surface area contributed by atoms with E-state index < -0.39 is 23.0 Å². The predicted molar refractivity (Wildman–Crippen MR) is 112 cm³/mol. The van der Waals surface area contributed by atoms with Gasteiger partial charge in [0.25, 0.3) is 5.56 Å². The van der Waals surface area contributed by atoms with Gasteiger partial charge in [-0.05, 0) is 35.9 Å². The number of aromatic nitrogens is 3. The molecule has 0 fully saturated rings. The molecule has 0 aliphatic rings. The highest BCUT2D eigenvalue weighted by Gasteiger charge is 2.31. The lowest BCUT2D eigenvalue weighted by atomic mass is 10.1. The Labute approximate surface area is 176 Å². The molecule has 0 radical (unpaired) electrons. The van der Waals surface area contributed by atoms with Gasteiger partial charge in [-0.1, -0.05) is 34.1 Å². The van der Waals surface area contributed by atoms with Gasteiger partial charge < -0.3 is 4.57 Å². The highest BCUT2D eigenvalue weighted by atomic mass is 79.9. The number of aryl methyl sites for hydroxylation is 1. The maximum atomic E-state index is 13.3. The highest BCUT2D eigenvalue weighted by Crippen LogP contribution is 2.34. The Bertz CT molecular complexity index is 1400. The third kappa shape index (κ3) is 3.19. The third-order valence-corrected chi connectivity index (χ3v) is 5.54. The van der Waals surface area contributed by atoms with Crippen molar-refractivity contribution in [2.45, 2.75) is 6.18 Å². The number of nitrogens with zero attached hydrogens (tertiary/aromatic N) is 3. The van der Waals surface area contributed by atoms with Crippen molar-refractivity contribution in [1.82, 2.24) is 13.7 Å². The fourth-order valence-electron chi connectivity index (χ4n) is 3.47. The topological polar surface area (TPSA) is 48.9 Å². The number of rotatable bonds is 2. The standard InChI is InChI=1S/C21H15BrF3N3O2/c1-26-16-11-28(15-5-3-4-13(10-15)21(23,24)25)18(12-6-8-14(22)9-7-12)17(16)19(29)27(2)20(26)30/h3-11H,1-2H3. The van der Waals surface area contributed by atoms with Crippen LogP contribution in [0.5, 0.6) is 0 Å². The van der Waals surface area contributed by atoms with Crippen LogP contribution in [0.3, 0.4) is 0 Å². The van der Waals surface area contributed by atoms with Crippen molar-refractivity contribution in [2.24, 2.45) is 14.1 Å². The number of hydrogen-bond acceptors (Lipinski definition) is 2. The molecule has 9 heteroatoms. The van der Waals surface area contributed by atoms with E-state index in [0.29, 0.717) is 16.8 Å². The molecule has 4 aromatic rings. The summed E-state index contributed by atoms with van der Waals surface area (Å²) in [6.07, 6.45) is -2.99. The first-order valence-corrected chi connectivity index (χ1v) is 9.63. The Morgan fingerprint density at radius 1 is 0.933 bits per heavy atom. The van der Waals surface area contributed by atoms with Crippen molar-refractivity contribution >= 4 is 26.8 Å². The van der Waals surface area contributed by atoms with Gasteiger partial charge in [0.2, 0.25) is 0 Å². The lowest BCUT2D eigenvalue weighted by molar-refractivity contribution is -0.137. The first kappa shape index (κ1) is 20.2. The average Bonchev–Trinajstić information content (AvgIpc) is 3.11. The molecule has 4 rings (SSSR count). The zero-order valence-corrected chi connectivity index (χ0v) is 17.5. The van der Waals surface area contributed by atoms with Gasteiger partial charge in [-0.15, -0.1) is 0 Å². The Hall–Kier alpha value is -3.07. The summed E-state index contributed by atoms with van der Waals surface area (Å²) in [5.74, 6) is 0.